The first-order valence-electron chi connectivity index (χ1n) is 19.3. The van der Waals surface area contributed by atoms with Crippen LogP contribution in [0.2, 0.25) is 0 Å². The van der Waals surface area contributed by atoms with Crippen molar-refractivity contribution in [2.75, 3.05) is 31.8 Å². The van der Waals surface area contributed by atoms with Crippen molar-refractivity contribution in [3.05, 3.63) is 94.6 Å². The van der Waals surface area contributed by atoms with Crippen LogP contribution in [0.5, 0.6) is 0 Å². The Kier molecular flexibility index (Phi) is 34.5. The van der Waals surface area contributed by atoms with Gasteiger partial charge in [-0.25, -0.2) is 13.1 Å². The second kappa shape index (κ2) is 35.3. The number of halogens is 1. The van der Waals surface area contributed by atoms with Crippen LogP contribution in [0.4, 0.5) is 0 Å². The molecule has 1 saturated heterocycles. The van der Waals surface area contributed by atoms with E-state index in [0.29, 0.717) is 25.9 Å². The monoisotopic (exact) mass is 809 g/mol. The van der Waals surface area contributed by atoms with E-state index in [9.17, 15) is 9.59 Å². The Labute approximate surface area is 337 Å². The van der Waals surface area contributed by atoms with Crippen molar-refractivity contribution in [3.63, 3.8) is 0 Å². The van der Waals surface area contributed by atoms with E-state index >= 15 is 0 Å². The summed E-state index contributed by atoms with van der Waals surface area (Å²) >= 11 is 3.39. The molecule has 1 heterocycles. The first-order chi connectivity index (χ1) is 25.7. The minimum Gasteiger partial charge on any atom is -0.381 e. The highest BCUT2D eigenvalue weighted by molar-refractivity contribution is 9.09. The number of carbonyl (C=O) groups is 2. The molecule has 0 atom stereocenters. The number of Topliss-reactive ketones (excluding diaryl/α,β-unsaturated/α-hetero) is 2. The molecule has 3 rings (SSSR count). The van der Waals surface area contributed by atoms with Gasteiger partial charge in [0.25, 0.3) is 0 Å². The number of ether oxygens (including phenoxy) is 3. The molecule has 1 aliphatic heterocycles. The van der Waals surface area contributed by atoms with Gasteiger partial charge < -0.3 is 23.9 Å². The van der Waals surface area contributed by atoms with Gasteiger partial charge in [0.15, 0.2) is 0 Å². The van der Waals surface area contributed by atoms with E-state index in [4.69, 9.17) is 32.6 Å². The summed E-state index contributed by atoms with van der Waals surface area (Å²) in [5.74, 6) is 0.0905. The van der Waals surface area contributed by atoms with E-state index in [1.807, 2.05) is 84.0 Å². The first-order valence-corrected chi connectivity index (χ1v) is 20.4. The number of carbonyl (C=O) groups excluding carboxylic acids is 2. The van der Waals surface area contributed by atoms with Crippen molar-refractivity contribution in [3.8, 4) is 6.07 Å². The second-order valence-corrected chi connectivity index (χ2v) is 15.4. The van der Waals surface area contributed by atoms with Gasteiger partial charge in [-0.1, -0.05) is 76.6 Å². The average Bonchev–Trinajstić information content (AvgIpc) is 3.75. The number of rotatable bonds is 19. The fourth-order valence-electron chi connectivity index (χ4n) is 4.30. The molecule has 0 aliphatic carbocycles. The van der Waals surface area contributed by atoms with E-state index in [-0.39, 0.29) is 35.0 Å². The van der Waals surface area contributed by atoms with Crippen molar-refractivity contribution in [2.45, 2.75) is 143 Å². The highest BCUT2D eigenvalue weighted by Crippen LogP contribution is 2.18. The van der Waals surface area contributed by atoms with Gasteiger partial charge in [0.1, 0.15) is 11.6 Å². The quantitative estimate of drug-likeness (QED) is 0.0607. The average molecular weight is 811 g/mol. The molecule has 0 spiro atoms. The molecule has 0 N–H and O–H groups in total. The predicted octanol–water partition coefficient (Wildman–Crippen LogP) is 11.8. The third kappa shape index (κ3) is 38.3. The molecule has 0 bridgehead atoms. The highest BCUT2D eigenvalue weighted by Gasteiger charge is 2.22. The molecular weight excluding hydrogens is 742 g/mol. The summed E-state index contributed by atoms with van der Waals surface area (Å²) in [5.41, 5.74) is 1.88. The number of ketones is 2. The van der Waals surface area contributed by atoms with Crippen molar-refractivity contribution in [1.29, 1.82) is 5.26 Å². The van der Waals surface area contributed by atoms with Gasteiger partial charge in [0.2, 0.25) is 11.1 Å². The van der Waals surface area contributed by atoms with Crippen LogP contribution in [-0.2, 0) is 37.0 Å². The topological polar surface area (TPSA) is 94.3 Å². The zero-order valence-electron chi connectivity index (χ0n) is 34.3. The minimum absolute atomic E-state index is 0.0155. The summed E-state index contributed by atoms with van der Waals surface area (Å²) < 4.78 is 16.0. The molecule has 2 aromatic rings. The van der Waals surface area contributed by atoms with Gasteiger partial charge in [0.05, 0.1) is 25.7 Å². The van der Waals surface area contributed by atoms with Crippen LogP contribution < -0.4 is 0 Å². The maximum atomic E-state index is 11.1. The lowest BCUT2D eigenvalue weighted by atomic mass is 9.97. The molecule has 0 radical (unpaired) electrons. The number of unbranched alkanes of at least 4 members (excludes halogenated alkanes) is 2. The normalized spacial score (nSPS) is 11.7. The zero-order valence-corrected chi connectivity index (χ0v) is 35.9. The van der Waals surface area contributed by atoms with Crippen LogP contribution in [0, 0.1) is 30.4 Å². The predicted molar refractivity (Wildman–Crippen MR) is 225 cm³/mol. The van der Waals surface area contributed by atoms with E-state index in [1.54, 1.807) is 0 Å². The summed E-state index contributed by atoms with van der Waals surface area (Å²) in [6.07, 6.45) is 9.78. The molecular formula is C45H68BrN3O5. The van der Waals surface area contributed by atoms with Crippen LogP contribution in [0.25, 0.3) is 9.69 Å². The minimum atomic E-state index is -0.378. The van der Waals surface area contributed by atoms with Crippen LogP contribution in [0.15, 0.2) is 60.7 Å². The van der Waals surface area contributed by atoms with Gasteiger partial charge in [0, 0.05) is 84.6 Å². The lowest BCUT2D eigenvalue weighted by Gasteiger charge is -2.10. The van der Waals surface area contributed by atoms with Crippen molar-refractivity contribution < 1.29 is 23.8 Å². The molecule has 0 unspecified atom stereocenters. The van der Waals surface area contributed by atoms with Gasteiger partial charge in [-0.3, -0.25) is 9.59 Å². The lowest BCUT2D eigenvalue weighted by Crippen LogP contribution is -2.14. The van der Waals surface area contributed by atoms with Crippen molar-refractivity contribution in [2.24, 2.45) is 5.92 Å². The maximum Gasteiger partial charge on any atom is 0.227 e. The number of alkyl halides is 1. The fourth-order valence-corrected chi connectivity index (χ4v) is 4.69. The third-order valence-electron chi connectivity index (χ3n) is 7.60. The molecule has 1 fully saturated rings. The Morgan fingerprint density at radius 1 is 0.796 bits per heavy atom. The van der Waals surface area contributed by atoms with Gasteiger partial charge >= 0.3 is 0 Å². The Hall–Kier alpha value is -3.39. The lowest BCUT2D eigenvalue weighted by molar-refractivity contribution is -0.125. The summed E-state index contributed by atoms with van der Waals surface area (Å²) in [6, 6.07) is 22.5. The van der Waals surface area contributed by atoms with E-state index < -0.39 is 0 Å². The summed E-state index contributed by atoms with van der Waals surface area (Å²) in [7, 11) is 0. The number of nitriles is 1. The molecule has 8 nitrogen and oxygen atoms in total. The molecule has 9 heteroatoms. The van der Waals surface area contributed by atoms with Gasteiger partial charge in [-0.2, -0.15) is 5.26 Å². The SMILES string of the molecule is BrCCCCOCc1ccccc1.C1CCOC1.CC(C)C#N.[C-]#[N+]C(C)(C)CCCC(=O)CC(C)=O.[C-]#[N+]C(C)(C)CCCCOCc1ccccc1. The molecule has 2 aromatic carbocycles. The fraction of sp³-hybridized carbons (Fsp3) is 0.622. The highest BCUT2D eigenvalue weighted by atomic mass is 79.9. The standard InChI is InChI=1S/C15H21NO.C11H15BrO.C11H17NO2.C4H7N.C4H8O/c1-15(2,16-3)11-7-8-12-17-13-14-9-5-4-6-10-14;12-8-4-5-9-13-10-11-6-2-1-3-7-11;1-9(13)8-10(14)6-5-7-11(2,3)12-4;1-4(2)3-5;1-2-4-5-3-1/h4-6,9-10H,7-8,11-13H2,1-2H3;1-3,6-7H,4-5,8-10H2;5-8H2,1-3H3;4H,1-2H3;1-4H2. The van der Waals surface area contributed by atoms with E-state index in [1.165, 1.54) is 37.3 Å². The Balaban J connectivity index is 0. The van der Waals surface area contributed by atoms with Crippen LogP contribution >= 0.6 is 15.9 Å². The molecule has 54 heavy (non-hydrogen) atoms. The first kappa shape index (κ1) is 52.7. The van der Waals surface area contributed by atoms with Crippen LogP contribution in [0.1, 0.15) is 130 Å². The Morgan fingerprint density at radius 3 is 1.57 bits per heavy atom. The van der Waals surface area contributed by atoms with Crippen molar-refractivity contribution in [1.82, 2.24) is 0 Å². The number of benzene rings is 2. The molecule has 300 valence electrons. The van der Waals surface area contributed by atoms with Crippen molar-refractivity contribution >= 4 is 27.5 Å². The van der Waals surface area contributed by atoms with Crippen LogP contribution in [-0.4, -0.2) is 54.4 Å². The summed E-state index contributed by atoms with van der Waals surface area (Å²) in [4.78, 5) is 28.8. The van der Waals surface area contributed by atoms with E-state index in [0.717, 1.165) is 64.0 Å². The van der Waals surface area contributed by atoms with Crippen LogP contribution in [0.3, 0.4) is 0 Å². The molecule has 0 aromatic heterocycles. The number of hydrogen-bond acceptors (Lipinski definition) is 6. The zero-order chi connectivity index (χ0) is 40.9. The Bertz CT molecular complexity index is 1320. The molecule has 0 saturated carbocycles. The number of nitrogens with zero attached hydrogens (tertiary/aromatic N) is 3. The van der Waals surface area contributed by atoms with Gasteiger partial charge in [-0.05, 0) is 76.8 Å². The summed E-state index contributed by atoms with van der Waals surface area (Å²) in [5, 5.41) is 8.96. The Morgan fingerprint density at radius 2 is 1.22 bits per heavy atom. The maximum absolute atomic E-state index is 11.1. The summed E-state index contributed by atoms with van der Waals surface area (Å²) in [6.45, 7) is 31.8. The third-order valence-corrected chi connectivity index (χ3v) is 8.16. The second-order valence-electron chi connectivity index (χ2n) is 14.7. The molecule has 1 aliphatic rings. The number of hydrogen-bond donors (Lipinski definition) is 0. The van der Waals surface area contributed by atoms with Gasteiger partial charge in [-0.15, -0.1) is 0 Å². The van der Waals surface area contributed by atoms with E-state index in [2.05, 4.69) is 49.9 Å². The molecule has 0 amide bonds. The smallest absolute Gasteiger partial charge is 0.227 e. The largest absolute Gasteiger partial charge is 0.381 e.